The summed E-state index contributed by atoms with van der Waals surface area (Å²) < 4.78 is 5.21. The highest BCUT2D eigenvalue weighted by Crippen LogP contribution is 2.27. The maximum Gasteiger partial charge on any atom is 0.249 e. The first-order valence-electron chi connectivity index (χ1n) is 7.18. The van der Waals surface area contributed by atoms with Gasteiger partial charge >= 0.3 is 0 Å². The smallest absolute Gasteiger partial charge is 0.249 e. The van der Waals surface area contributed by atoms with Crippen LogP contribution in [0.4, 0.5) is 0 Å². The van der Waals surface area contributed by atoms with Crippen LogP contribution in [-0.2, 0) is 11.3 Å². The number of aliphatic hydroxyl groups excluding tert-OH is 1. The van der Waals surface area contributed by atoms with E-state index < -0.39 is 6.10 Å². The van der Waals surface area contributed by atoms with E-state index in [2.05, 4.69) is 10.3 Å². The molecular formula is C16H20N2O3S2. The molecule has 1 atom stereocenters. The van der Waals surface area contributed by atoms with Crippen molar-refractivity contribution in [2.45, 2.75) is 19.1 Å². The lowest BCUT2D eigenvalue weighted by Gasteiger charge is -2.09. The Morgan fingerprint density at radius 3 is 3.09 bits per heavy atom. The van der Waals surface area contributed by atoms with Crippen molar-refractivity contribution >= 4 is 29.0 Å². The average Bonchev–Trinajstić information content (AvgIpc) is 3.06. The molecular weight excluding hydrogens is 332 g/mol. The van der Waals surface area contributed by atoms with Crippen molar-refractivity contribution in [3.8, 4) is 16.3 Å². The Kier molecular flexibility index (Phi) is 6.88. The SMILES string of the molecule is COc1cccc(-c2ncc(CNC(=O)[C@@H](O)CCSC)s2)c1. The topological polar surface area (TPSA) is 71.5 Å². The quantitative estimate of drug-likeness (QED) is 0.764. The molecule has 0 saturated heterocycles. The molecule has 1 amide bonds. The van der Waals surface area contributed by atoms with Gasteiger partial charge < -0.3 is 15.2 Å². The van der Waals surface area contributed by atoms with E-state index in [4.69, 9.17) is 4.74 Å². The minimum Gasteiger partial charge on any atom is -0.497 e. The molecule has 1 heterocycles. The van der Waals surface area contributed by atoms with E-state index in [1.807, 2.05) is 30.5 Å². The van der Waals surface area contributed by atoms with Crippen molar-refractivity contribution in [1.82, 2.24) is 10.3 Å². The fraction of sp³-hybridized carbons (Fsp3) is 0.375. The third-order valence-corrected chi connectivity index (χ3v) is 4.90. The number of aliphatic hydroxyl groups is 1. The second-order valence-electron chi connectivity index (χ2n) is 4.88. The van der Waals surface area contributed by atoms with Crippen LogP contribution in [0.3, 0.4) is 0 Å². The van der Waals surface area contributed by atoms with E-state index in [0.29, 0.717) is 13.0 Å². The Morgan fingerprint density at radius 2 is 2.35 bits per heavy atom. The average molecular weight is 352 g/mol. The largest absolute Gasteiger partial charge is 0.497 e. The zero-order chi connectivity index (χ0) is 16.7. The number of benzene rings is 1. The number of amides is 1. The molecule has 0 spiro atoms. The van der Waals surface area contributed by atoms with Crippen LogP contribution in [0.2, 0.25) is 0 Å². The normalized spacial score (nSPS) is 12.0. The highest BCUT2D eigenvalue weighted by atomic mass is 32.2. The maximum atomic E-state index is 11.8. The summed E-state index contributed by atoms with van der Waals surface area (Å²) in [6.07, 6.45) is 3.20. The summed E-state index contributed by atoms with van der Waals surface area (Å²) in [5, 5.41) is 13.3. The van der Waals surface area contributed by atoms with Gasteiger partial charge in [0.2, 0.25) is 5.91 Å². The first kappa shape index (κ1) is 17.8. The van der Waals surface area contributed by atoms with E-state index in [1.165, 1.54) is 11.3 Å². The molecule has 7 heteroatoms. The molecule has 1 aromatic heterocycles. The van der Waals surface area contributed by atoms with Gasteiger partial charge in [0.1, 0.15) is 16.9 Å². The molecule has 2 rings (SSSR count). The maximum absolute atomic E-state index is 11.8. The fourth-order valence-electron chi connectivity index (χ4n) is 1.93. The van der Waals surface area contributed by atoms with Crippen molar-refractivity contribution in [2.75, 3.05) is 19.1 Å². The van der Waals surface area contributed by atoms with Gasteiger partial charge in [-0.2, -0.15) is 11.8 Å². The molecule has 23 heavy (non-hydrogen) atoms. The Balaban J connectivity index is 1.93. The number of aromatic nitrogens is 1. The minimum absolute atomic E-state index is 0.338. The monoisotopic (exact) mass is 352 g/mol. The summed E-state index contributed by atoms with van der Waals surface area (Å²) in [6, 6.07) is 7.69. The van der Waals surface area contributed by atoms with Gasteiger partial charge in [-0.25, -0.2) is 4.98 Å². The van der Waals surface area contributed by atoms with Crippen molar-refractivity contribution in [1.29, 1.82) is 0 Å². The number of rotatable bonds is 8. The van der Waals surface area contributed by atoms with E-state index in [-0.39, 0.29) is 5.91 Å². The molecule has 0 unspecified atom stereocenters. The van der Waals surface area contributed by atoms with Crippen molar-refractivity contribution in [2.24, 2.45) is 0 Å². The van der Waals surface area contributed by atoms with Gasteiger partial charge in [-0.1, -0.05) is 12.1 Å². The summed E-state index contributed by atoms with van der Waals surface area (Å²) in [4.78, 5) is 17.1. The molecule has 0 aliphatic heterocycles. The first-order chi connectivity index (χ1) is 11.1. The van der Waals surface area contributed by atoms with Crippen molar-refractivity contribution in [3.63, 3.8) is 0 Å². The lowest BCUT2D eigenvalue weighted by atomic mass is 10.2. The molecule has 124 valence electrons. The van der Waals surface area contributed by atoms with Crippen LogP contribution in [0.1, 0.15) is 11.3 Å². The zero-order valence-electron chi connectivity index (χ0n) is 13.1. The molecule has 2 aromatic rings. The number of thiazole rings is 1. The molecule has 0 fully saturated rings. The van der Waals surface area contributed by atoms with Crippen LogP contribution in [0, 0.1) is 0 Å². The van der Waals surface area contributed by atoms with Crippen LogP contribution in [0.15, 0.2) is 30.5 Å². The molecule has 1 aromatic carbocycles. The Hall–Kier alpha value is -1.57. The summed E-state index contributed by atoms with van der Waals surface area (Å²) in [5.41, 5.74) is 0.979. The Labute approximate surface area is 144 Å². The van der Waals surface area contributed by atoms with Gasteiger partial charge in [0.25, 0.3) is 0 Å². The van der Waals surface area contributed by atoms with Gasteiger partial charge in [-0.05, 0) is 30.6 Å². The van der Waals surface area contributed by atoms with Gasteiger partial charge in [0.15, 0.2) is 0 Å². The first-order valence-corrected chi connectivity index (χ1v) is 9.39. The van der Waals surface area contributed by atoms with E-state index in [9.17, 15) is 9.90 Å². The molecule has 0 saturated carbocycles. The van der Waals surface area contributed by atoms with Crippen LogP contribution >= 0.6 is 23.1 Å². The second kappa shape index (κ2) is 8.90. The number of thioether (sulfide) groups is 1. The van der Waals surface area contributed by atoms with Crippen molar-refractivity contribution < 1.29 is 14.6 Å². The highest BCUT2D eigenvalue weighted by molar-refractivity contribution is 7.98. The number of carbonyl (C=O) groups excluding carboxylic acids is 1. The predicted molar refractivity (Wildman–Crippen MR) is 95.0 cm³/mol. The summed E-state index contributed by atoms with van der Waals surface area (Å²) >= 11 is 3.12. The van der Waals surface area contributed by atoms with E-state index >= 15 is 0 Å². The third-order valence-electron chi connectivity index (χ3n) is 3.21. The molecule has 0 radical (unpaired) electrons. The summed E-state index contributed by atoms with van der Waals surface area (Å²) in [6.45, 7) is 0.372. The third kappa shape index (κ3) is 5.23. The van der Waals surface area contributed by atoms with Gasteiger partial charge in [0.05, 0.1) is 13.7 Å². The molecule has 5 nitrogen and oxygen atoms in total. The number of hydrogen-bond acceptors (Lipinski definition) is 6. The number of nitrogens with zero attached hydrogens (tertiary/aromatic N) is 1. The van der Waals surface area contributed by atoms with Gasteiger partial charge in [0, 0.05) is 16.6 Å². The highest BCUT2D eigenvalue weighted by Gasteiger charge is 2.14. The number of methoxy groups -OCH3 is 1. The van der Waals surface area contributed by atoms with E-state index in [0.717, 1.165) is 27.0 Å². The van der Waals surface area contributed by atoms with Crippen LogP contribution in [0.25, 0.3) is 10.6 Å². The number of carbonyl (C=O) groups is 1. The molecule has 2 N–H and O–H groups in total. The predicted octanol–water partition coefficient (Wildman–Crippen LogP) is 2.55. The molecule has 0 bridgehead atoms. The Morgan fingerprint density at radius 1 is 1.52 bits per heavy atom. The van der Waals surface area contributed by atoms with E-state index in [1.54, 1.807) is 25.1 Å². The summed E-state index contributed by atoms with van der Waals surface area (Å²) in [7, 11) is 1.63. The lowest BCUT2D eigenvalue weighted by Crippen LogP contribution is -2.34. The number of ether oxygens (including phenoxy) is 1. The van der Waals surface area contributed by atoms with Crippen molar-refractivity contribution in [3.05, 3.63) is 35.3 Å². The lowest BCUT2D eigenvalue weighted by molar-refractivity contribution is -0.129. The standard InChI is InChI=1S/C16H20N2O3S2/c1-21-12-5-3-4-11(8-12)16-18-10-13(23-16)9-17-15(20)14(19)6-7-22-2/h3-5,8,10,14,19H,6-7,9H2,1-2H3,(H,17,20)/t14-/m0/s1. The second-order valence-corrected chi connectivity index (χ2v) is 6.98. The molecule has 0 aliphatic carbocycles. The van der Waals surface area contributed by atoms with Crippen LogP contribution < -0.4 is 10.1 Å². The zero-order valence-corrected chi connectivity index (χ0v) is 14.7. The molecule has 0 aliphatic rings. The fourth-order valence-corrected chi connectivity index (χ4v) is 3.24. The number of hydrogen-bond donors (Lipinski definition) is 2. The van der Waals surface area contributed by atoms with Gasteiger partial charge in [-0.3, -0.25) is 4.79 Å². The minimum atomic E-state index is -0.951. The van der Waals surface area contributed by atoms with Gasteiger partial charge in [-0.15, -0.1) is 11.3 Å². The summed E-state index contributed by atoms with van der Waals surface area (Å²) in [5.74, 6) is 1.20. The van der Waals surface area contributed by atoms with Crippen LogP contribution in [-0.4, -0.2) is 41.2 Å². The van der Waals surface area contributed by atoms with Crippen LogP contribution in [0.5, 0.6) is 5.75 Å². The Bertz CT molecular complexity index is 646. The number of nitrogens with one attached hydrogen (secondary N) is 1.